The molecule has 21 heavy (non-hydrogen) atoms. The van der Waals surface area contributed by atoms with E-state index in [1.54, 1.807) is 25.1 Å². The van der Waals surface area contributed by atoms with Crippen LogP contribution in [0.1, 0.15) is 5.56 Å². The molecule has 0 amide bonds. The van der Waals surface area contributed by atoms with Gasteiger partial charge in [-0.05, 0) is 18.2 Å². The van der Waals surface area contributed by atoms with E-state index in [4.69, 9.17) is 10.6 Å². The van der Waals surface area contributed by atoms with E-state index < -0.39 is 0 Å². The average Bonchev–Trinajstić information content (AvgIpc) is 2.94. The van der Waals surface area contributed by atoms with Gasteiger partial charge in [0, 0.05) is 23.6 Å². The molecule has 6 nitrogen and oxygen atoms in total. The molecule has 0 radical (unpaired) electrons. The van der Waals surface area contributed by atoms with Crippen LogP contribution in [0.5, 0.6) is 5.75 Å². The second kappa shape index (κ2) is 6.02. The van der Waals surface area contributed by atoms with Crippen LogP contribution in [0.15, 0.2) is 41.7 Å². The largest absolute Gasteiger partial charge is 0.497 e. The number of aromatic amines is 1. The Labute approximate surface area is 126 Å². The summed E-state index contributed by atoms with van der Waals surface area (Å²) in [5.74, 6) is 7.67. The second-order valence-corrected chi connectivity index (χ2v) is 5.33. The molecule has 0 saturated carbocycles. The number of hydrazine groups is 1. The first kappa shape index (κ1) is 13.7. The fraction of sp³-hybridized carbons (Fsp3) is 0.143. The molecule has 0 unspecified atom stereocenters. The number of thioether (sulfide) groups is 1. The van der Waals surface area contributed by atoms with Gasteiger partial charge in [-0.3, -0.25) is 0 Å². The van der Waals surface area contributed by atoms with E-state index in [0.29, 0.717) is 5.82 Å². The van der Waals surface area contributed by atoms with Gasteiger partial charge in [0.25, 0.3) is 0 Å². The molecule has 3 rings (SSSR count). The third-order valence-corrected chi connectivity index (χ3v) is 3.98. The number of hydrogen-bond acceptors (Lipinski definition) is 6. The number of hydrogen-bond donors (Lipinski definition) is 3. The zero-order chi connectivity index (χ0) is 14.7. The predicted octanol–water partition coefficient (Wildman–Crippen LogP) is 2.54. The number of aromatic nitrogens is 3. The van der Waals surface area contributed by atoms with Crippen molar-refractivity contribution in [3.63, 3.8) is 0 Å². The van der Waals surface area contributed by atoms with Crippen molar-refractivity contribution in [3.8, 4) is 5.75 Å². The third-order valence-electron chi connectivity index (χ3n) is 3.06. The number of anilines is 1. The van der Waals surface area contributed by atoms with Crippen molar-refractivity contribution in [1.82, 2.24) is 15.0 Å². The number of benzene rings is 1. The Kier molecular flexibility index (Phi) is 3.94. The normalized spacial score (nSPS) is 10.8. The molecule has 0 aliphatic carbocycles. The molecule has 2 aromatic heterocycles. The van der Waals surface area contributed by atoms with Crippen molar-refractivity contribution in [3.05, 3.63) is 42.1 Å². The molecule has 0 aliphatic heterocycles. The molecular weight excluding hydrogens is 286 g/mol. The minimum absolute atomic E-state index is 0.683. The lowest BCUT2D eigenvalue weighted by Gasteiger charge is -2.05. The molecule has 3 aromatic rings. The number of nitrogens with zero attached hydrogens (tertiary/aromatic N) is 2. The van der Waals surface area contributed by atoms with Crippen molar-refractivity contribution in [2.75, 3.05) is 12.5 Å². The molecule has 108 valence electrons. The SMILES string of the molecule is COc1ccc2nc(SCc3cccnc3NN)[nH]c2c1. The first-order valence-corrected chi connectivity index (χ1v) is 7.36. The van der Waals surface area contributed by atoms with E-state index in [2.05, 4.69) is 20.4 Å². The van der Waals surface area contributed by atoms with Gasteiger partial charge in [0.15, 0.2) is 5.16 Å². The minimum Gasteiger partial charge on any atom is -0.497 e. The summed E-state index contributed by atoms with van der Waals surface area (Å²) in [6.45, 7) is 0. The van der Waals surface area contributed by atoms with E-state index in [-0.39, 0.29) is 0 Å². The van der Waals surface area contributed by atoms with Crippen LogP contribution in [0.25, 0.3) is 11.0 Å². The number of pyridine rings is 1. The lowest BCUT2D eigenvalue weighted by Crippen LogP contribution is -2.10. The Hall–Kier alpha value is -2.25. The van der Waals surface area contributed by atoms with E-state index in [9.17, 15) is 0 Å². The number of imidazole rings is 1. The Morgan fingerprint density at radius 2 is 2.29 bits per heavy atom. The topological polar surface area (TPSA) is 88.8 Å². The van der Waals surface area contributed by atoms with E-state index in [1.165, 1.54) is 0 Å². The quantitative estimate of drug-likeness (QED) is 0.381. The summed E-state index contributed by atoms with van der Waals surface area (Å²) in [5, 5.41) is 0.852. The van der Waals surface area contributed by atoms with Gasteiger partial charge in [0.1, 0.15) is 11.6 Å². The number of nitrogens with two attached hydrogens (primary N) is 1. The number of nitrogens with one attached hydrogen (secondary N) is 2. The highest BCUT2D eigenvalue weighted by Gasteiger charge is 2.07. The standard InChI is InChI=1S/C14H15N5OS/c1-20-10-4-5-11-12(7-10)18-14(17-11)21-8-9-3-2-6-16-13(9)19-15/h2-7H,8,15H2,1H3,(H,16,19)(H,17,18). The van der Waals surface area contributed by atoms with Gasteiger partial charge in [-0.15, -0.1) is 0 Å². The van der Waals surface area contributed by atoms with Gasteiger partial charge in [0.2, 0.25) is 0 Å². The average molecular weight is 301 g/mol. The number of ether oxygens (including phenoxy) is 1. The maximum absolute atomic E-state index is 5.45. The van der Waals surface area contributed by atoms with Gasteiger partial charge in [-0.25, -0.2) is 15.8 Å². The predicted molar refractivity (Wildman–Crippen MR) is 84.3 cm³/mol. The summed E-state index contributed by atoms with van der Waals surface area (Å²) in [7, 11) is 1.65. The Morgan fingerprint density at radius 1 is 1.38 bits per heavy atom. The zero-order valence-electron chi connectivity index (χ0n) is 11.5. The number of H-pyrrole nitrogens is 1. The molecule has 1 aromatic carbocycles. The van der Waals surface area contributed by atoms with Crippen molar-refractivity contribution >= 4 is 28.6 Å². The van der Waals surface area contributed by atoms with E-state index in [1.807, 2.05) is 30.3 Å². The summed E-state index contributed by atoms with van der Waals surface area (Å²) in [6, 6.07) is 9.64. The number of rotatable bonds is 5. The highest BCUT2D eigenvalue weighted by molar-refractivity contribution is 7.98. The summed E-state index contributed by atoms with van der Waals surface area (Å²) < 4.78 is 5.21. The van der Waals surface area contributed by atoms with Crippen LogP contribution in [0.4, 0.5) is 5.82 Å². The van der Waals surface area contributed by atoms with Crippen molar-refractivity contribution in [1.29, 1.82) is 0 Å². The molecule has 0 spiro atoms. The second-order valence-electron chi connectivity index (χ2n) is 4.37. The van der Waals surface area contributed by atoms with E-state index in [0.717, 1.165) is 33.3 Å². The molecule has 7 heteroatoms. The Bertz CT molecular complexity index is 758. The molecule has 0 saturated heterocycles. The lowest BCUT2D eigenvalue weighted by molar-refractivity contribution is 0.415. The summed E-state index contributed by atoms with van der Waals surface area (Å²) in [4.78, 5) is 12.0. The van der Waals surface area contributed by atoms with Crippen LogP contribution < -0.4 is 16.0 Å². The van der Waals surface area contributed by atoms with Gasteiger partial charge >= 0.3 is 0 Å². The smallest absolute Gasteiger partial charge is 0.166 e. The van der Waals surface area contributed by atoms with Crippen LogP contribution in [-0.2, 0) is 5.75 Å². The fourth-order valence-electron chi connectivity index (χ4n) is 1.99. The van der Waals surface area contributed by atoms with Crippen LogP contribution in [0.3, 0.4) is 0 Å². The van der Waals surface area contributed by atoms with E-state index >= 15 is 0 Å². The van der Waals surface area contributed by atoms with Gasteiger partial charge in [-0.2, -0.15) is 0 Å². The maximum Gasteiger partial charge on any atom is 0.166 e. The van der Waals surface area contributed by atoms with Crippen LogP contribution in [0.2, 0.25) is 0 Å². The Balaban J connectivity index is 1.79. The van der Waals surface area contributed by atoms with Gasteiger partial charge < -0.3 is 15.1 Å². The van der Waals surface area contributed by atoms with Crippen molar-refractivity contribution in [2.24, 2.45) is 5.84 Å². The summed E-state index contributed by atoms with van der Waals surface area (Å²) in [5.41, 5.74) is 5.51. The number of methoxy groups -OCH3 is 1. The van der Waals surface area contributed by atoms with Crippen LogP contribution in [0, 0.1) is 0 Å². The number of fused-ring (bicyclic) bond motifs is 1. The van der Waals surface area contributed by atoms with Crippen LogP contribution >= 0.6 is 11.8 Å². The lowest BCUT2D eigenvalue weighted by atomic mass is 10.3. The van der Waals surface area contributed by atoms with Crippen molar-refractivity contribution < 1.29 is 4.74 Å². The summed E-state index contributed by atoms with van der Waals surface area (Å²) in [6.07, 6.45) is 1.71. The first-order chi connectivity index (χ1) is 10.3. The highest BCUT2D eigenvalue weighted by Crippen LogP contribution is 2.26. The first-order valence-electron chi connectivity index (χ1n) is 6.37. The fourth-order valence-corrected chi connectivity index (χ4v) is 2.86. The molecule has 0 fully saturated rings. The molecule has 2 heterocycles. The monoisotopic (exact) mass is 301 g/mol. The minimum atomic E-state index is 0.683. The van der Waals surface area contributed by atoms with Crippen LogP contribution in [-0.4, -0.2) is 22.1 Å². The molecule has 0 atom stereocenters. The molecule has 0 bridgehead atoms. The van der Waals surface area contributed by atoms with Gasteiger partial charge in [0.05, 0.1) is 18.1 Å². The number of nitrogen functional groups attached to an aromatic ring is 1. The molecular formula is C14H15N5OS. The van der Waals surface area contributed by atoms with Crippen molar-refractivity contribution in [2.45, 2.75) is 10.9 Å². The molecule has 0 aliphatic rings. The third kappa shape index (κ3) is 2.93. The highest BCUT2D eigenvalue weighted by atomic mass is 32.2. The zero-order valence-corrected chi connectivity index (χ0v) is 12.3. The van der Waals surface area contributed by atoms with Gasteiger partial charge in [-0.1, -0.05) is 17.8 Å². The Morgan fingerprint density at radius 3 is 3.10 bits per heavy atom. The summed E-state index contributed by atoms with van der Waals surface area (Å²) >= 11 is 1.60. The molecule has 4 N–H and O–H groups in total. The maximum atomic E-state index is 5.45.